The van der Waals surface area contributed by atoms with Crippen molar-refractivity contribution in [1.82, 2.24) is 19.9 Å². The van der Waals surface area contributed by atoms with Crippen molar-refractivity contribution in [2.24, 2.45) is 5.73 Å². The Balaban J connectivity index is 0.000000250. The molecule has 0 spiro atoms. The Kier molecular flexibility index (Phi) is 12.9. The molecule has 0 atom stereocenters. The summed E-state index contributed by atoms with van der Waals surface area (Å²) in [4.78, 5) is 61.4. The molecule has 44 heavy (non-hydrogen) atoms. The molecule has 4 aromatic rings. The minimum Gasteiger partial charge on any atom is -0.326 e. The van der Waals surface area contributed by atoms with E-state index in [1.54, 1.807) is 24.3 Å². The molecule has 2 aliphatic rings. The van der Waals surface area contributed by atoms with E-state index >= 15 is 0 Å². The number of aryl methyl sites for hydroxylation is 1. The van der Waals surface area contributed by atoms with Crippen molar-refractivity contribution >= 4 is 23.1 Å². The zero-order valence-corrected chi connectivity index (χ0v) is 22.0. The van der Waals surface area contributed by atoms with Crippen molar-refractivity contribution in [1.29, 1.82) is 0 Å². The number of halogens is 2. The molecule has 0 saturated heterocycles. The molecular formula is C33H31F2N5O4. The molecule has 0 fully saturated rings. The van der Waals surface area contributed by atoms with Gasteiger partial charge in [0.1, 0.15) is 35.7 Å². The highest BCUT2D eigenvalue weighted by Crippen LogP contribution is 2.22. The van der Waals surface area contributed by atoms with Crippen LogP contribution in [0.15, 0.2) is 97.4 Å². The van der Waals surface area contributed by atoms with Crippen LogP contribution in [0.2, 0.25) is 0 Å². The quantitative estimate of drug-likeness (QED) is 0.320. The number of Topliss-reactive ketones (excluding diaryl/α,β-unsaturated/α-hetero) is 1. The van der Waals surface area contributed by atoms with E-state index in [-0.39, 0.29) is 72.1 Å². The first kappa shape index (κ1) is 34.8. The lowest BCUT2D eigenvalue weighted by molar-refractivity contribution is 0.0977. The van der Waals surface area contributed by atoms with E-state index in [1.807, 2.05) is 0 Å². The van der Waals surface area contributed by atoms with E-state index in [2.05, 4.69) is 19.9 Å². The van der Waals surface area contributed by atoms with Gasteiger partial charge >= 0.3 is 0 Å². The van der Waals surface area contributed by atoms with Gasteiger partial charge in [0.25, 0.3) is 0 Å². The minimum absolute atomic E-state index is 0. The highest BCUT2D eigenvalue weighted by molar-refractivity contribution is 6.23. The molecule has 2 heterocycles. The first-order chi connectivity index (χ1) is 20.3. The molecule has 0 radical (unpaired) electrons. The van der Waals surface area contributed by atoms with Crippen LogP contribution in [0.4, 0.5) is 8.78 Å². The molecule has 2 aromatic carbocycles. The summed E-state index contributed by atoms with van der Waals surface area (Å²) < 4.78 is 25.0. The molecule has 6 rings (SSSR count). The fourth-order valence-corrected chi connectivity index (χ4v) is 3.92. The number of hydrogen-bond donors (Lipinski definition) is 1. The van der Waals surface area contributed by atoms with Crippen LogP contribution in [0.1, 0.15) is 74.1 Å². The van der Waals surface area contributed by atoms with Crippen LogP contribution in [0.3, 0.4) is 0 Å². The third-order valence-electron chi connectivity index (χ3n) is 6.13. The Morgan fingerprint density at radius 1 is 0.614 bits per heavy atom. The van der Waals surface area contributed by atoms with E-state index in [9.17, 15) is 28.0 Å². The Labute approximate surface area is 253 Å². The normalized spacial score (nSPS) is 12.6. The van der Waals surface area contributed by atoms with Gasteiger partial charge in [-0.1, -0.05) is 39.1 Å². The fraction of sp³-hybridized carbons (Fsp3) is 0.152. The predicted octanol–water partition coefficient (Wildman–Crippen LogP) is 5.52. The molecule has 0 unspecified atom stereocenters. The maximum atomic E-state index is 12.8. The van der Waals surface area contributed by atoms with Gasteiger partial charge in [0, 0.05) is 24.5 Å². The molecule has 9 nitrogen and oxygen atoms in total. The number of nitrogens with two attached hydrogens (primary N) is 1. The summed E-state index contributed by atoms with van der Waals surface area (Å²) in [5, 5.41) is 0. The number of fused-ring (bicyclic) bond motifs is 2. The number of nitrogens with zero attached hydrogens (tertiary/aromatic N) is 4. The summed E-state index contributed by atoms with van der Waals surface area (Å²) >= 11 is 0. The molecule has 0 aliphatic heterocycles. The number of carbonyl (C=O) groups is 4. The number of rotatable bonds is 4. The van der Waals surface area contributed by atoms with Gasteiger partial charge in [-0.2, -0.15) is 0 Å². The maximum absolute atomic E-state index is 12.8. The third-order valence-corrected chi connectivity index (χ3v) is 6.13. The third kappa shape index (κ3) is 8.79. The Morgan fingerprint density at radius 3 is 1.66 bits per heavy atom. The average molecular weight is 600 g/mol. The van der Waals surface area contributed by atoms with Gasteiger partial charge in [-0.15, -0.1) is 0 Å². The second-order valence-electron chi connectivity index (χ2n) is 8.95. The van der Waals surface area contributed by atoms with Crippen LogP contribution in [-0.4, -0.2) is 43.1 Å². The second kappa shape index (κ2) is 16.3. The van der Waals surface area contributed by atoms with Gasteiger partial charge in [-0.3, -0.25) is 19.2 Å². The molecule has 11 heteroatoms. The first-order valence-corrected chi connectivity index (χ1v) is 12.6. The number of allylic oxidation sites excluding steroid dienone is 4. The van der Waals surface area contributed by atoms with Crippen LogP contribution in [0, 0.1) is 11.6 Å². The zero-order valence-electron chi connectivity index (χ0n) is 22.0. The van der Waals surface area contributed by atoms with Crippen molar-refractivity contribution < 1.29 is 28.0 Å². The van der Waals surface area contributed by atoms with Gasteiger partial charge in [0.2, 0.25) is 11.6 Å². The van der Waals surface area contributed by atoms with Crippen LogP contribution in [-0.2, 0) is 13.0 Å². The smallest absolute Gasteiger partial charge is 0.205 e. The highest BCUT2D eigenvalue weighted by atomic mass is 19.1. The topological polar surface area (TPSA) is 146 Å². The zero-order chi connectivity index (χ0) is 30.1. The van der Waals surface area contributed by atoms with E-state index in [1.165, 1.54) is 67.5 Å². The largest absolute Gasteiger partial charge is 0.326 e. The van der Waals surface area contributed by atoms with Crippen molar-refractivity contribution in [3.05, 3.63) is 143 Å². The standard InChI is InChI=1S/C16H11FN2O2.C8H4N2O2.C7H8FN.2CH4/c17-12-5-2-10(3-6-12)1-4-11-7-14(20)15-13(16(11)21)8-18-9-19-15;11-6-1-2-7(12)8-5(6)3-9-4-10-8;8-7-3-1-6(5-9)2-4-7;;/h2-3,5-9H,1,4H2;1-4H;1-4H,5,9H2;2*1H4. The maximum Gasteiger partial charge on any atom is 0.205 e. The lowest BCUT2D eigenvalue weighted by atomic mass is 9.90. The average Bonchev–Trinajstić information content (AvgIpc) is 3.02. The summed E-state index contributed by atoms with van der Waals surface area (Å²) in [6, 6.07) is 12.3. The first-order valence-electron chi connectivity index (χ1n) is 12.6. The molecule has 0 saturated carbocycles. The monoisotopic (exact) mass is 599 g/mol. The van der Waals surface area contributed by atoms with Gasteiger partial charge in [0.15, 0.2) is 11.6 Å². The molecular weight excluding hydrogens is 568 g/mol. The molecule has 2 aromatic heterocycles. The van der Waals surface area contributed by atoms with E-state index in [0.29, 0.717) is 25.0 Å². The van der Waals surface area contributed by atoms with Gasteiger partial charge in [0.05, 0.1) is 11.1 Å². The van der Waals surface area contributed by atoms with Crippen LogP contribution in [0.25, 0.3) is 0 Å². The van der Waals surface area contributed by atoms with Crippen molar-refractivity contribution in [3.8, 4) is 0 Å². The molecule has 226 valence electrons. The number of ketones is 4. The molecule has 2 N–H and O–H groups in total. The summed E-state index contributed by atoms with van der Waals surface area (Å²) in [6.07, 6.45) is 10.00. The number of aromatic nitrogens is 4. The highest BCUT2D eigenvalue weighted by Gasteiger charge is 2.26. The van der Waals surface area contributed by atoms with E-state index < -0.39 is 0 Å². The number of benzene rings is 2. The van der Waals surface area contributed by atoms with Gasteiger partial charge in [-0.05, 0) is 66.5 Å². The van der Waals surface area contributed by atoms with E-state index in [4.69, 9.17) is 5.73 Å². The van der Waals surface area contributed by atoms with Crippen LogP contribution >= 0.6 is 0 Å². The lowest BCUT2D eigenvalue weighted by Gasteiger charge is -2.13. The lowest BCUT2D eigenvalue weighted by Crippen LogP contribution is -2.19. The predicted molar refractivity (Wildman–Crippen MR) is 161 cm³/mol. The minimum atomic E-state index is -0.298. The Hall–Kier alpha value is -5.42. The summed E-state index contributed by atoms with van der Waals surface area (Å²) in [5.41, 5.74) is 8.46. The SMILES string of the molecule is C.C.NCc1ccc(F)cc1.O=C1C(CCc2ccc(F)cc2)=CC(=O)c2ncncc21.O=C1C=CC(=O)c2ncncc21. The number of carbonyl (C=O) groups excluding carboxylic acids is 4. The van der Waals surface area contributed by atoms with Crippen molar-refractivity contribution in [2.45, 2.75) is 34.2 Å². The van der Waals surface area contributed by atoms with Gasteiger partial charge in [-0.25, -0.2) is 28.7 Å². The van der Waals surface area contributed by atoms with Crippen molar-refractivity contribution in [3.63, 3.8) is 0 Å². The summed E-state index contributed by atoms with van der Waals surface area (Å²) in [6.45, 7) is 0.472. The van der Waals surface area contributed by atoms with Crippen molar-refractivity contribution in [2.75, 3.05) is 0 Å². The molecule has 0 amide bonds. The van der Waals surface area contributed by atoms with Gasteiger partial charge < -0.3 is 5.73 Å². The Bertz CT molecular complexity index is 1670. The van der Waals surface area contributed by atoms with Crippen LogP contribution in [0.5, 0.6) is 0 Å². The fourth-order valence-electron chi connectivity index (χ4n) is 3.92. The summed E-state index contributed by atoms with van der Waals surface area (Å²) in [7, 11) is 0. The number of hydrogen-bond acceptors (Lipinski definition) is 9. The summed E-state index contributed by atoms with van der Waals surface area (Å²) in [5.74, 6) is -1.47. The van der Waals surface area contributed by atoms with E-state index in [0.717, 1.165) is 11.1 Å². The van der Waals surface area contributed by atoms with Crippen LogP contribution < -0.4 is 5.73 Å². The molecule has 0 bridgehead atoms. The second-order valence-corrected chi connectivity index (χ2v) is 8.95. The Morgan fingerprint density at radius 2 is 1.11 bits per heavy atom. The molecule has 2 aliphatic carbocycles.